The standard InChI is InChI=1S/C31H37NO5S.C2H6/c1-3-22(2)37-30-20-28(17-18-29(30)32-38(35,36)21-24-7-5-4-6-8-24)27-15-13-26(14-16-27)25-11-9-23(10-12-25)19-31(33)34;1-2/h4-8,13,15-18,20,22-23,32H,3,9-12,14,19,21H2,1-2H3,(H,33,34);1-2H3. The second kappa shape index (κ2) is 14.9. The van der Waals surface area contributed by atoms with Gasteiger partial charge in [-0.15, -0.1) is 0 Å². The van der Waals surface area contributed by atoms with E-state index in [1.54, 1.807) is 18.2 Å². The molecule has 0 bridgehead atoms. The molecule has 0 saturated heterocycles. The van der Waals surface area contributed by atoms with Gasteiger partial charge in [0.25, 0.3) is 0 Å². The average molecular weight is 566 g/mol. The fraction of sp³-hybridized carbons (Fsp3) is 0.424. The predicted molar refractivity (Wildman–Crippen MR) is 164 cm³/mol. The molecule has 0 aliphatic heterocycles. The third-order valence-electron chi connectivity index (χ3n) is 7.32. The van der Waals surface area contributed by atoms with Crippen LogP contribution >= 0.6 is 0 Å². The Bertz CT molecular complexity index is 1330. The Morgan fingerprint density at radius 1 is 1.07 bits per heavy atom. The van der Waals surface area contributed by atoms with Gasteiger partial charge < -0.3 is 9.84 Å². The van der Waals surface area contributed by atoms with E-state index >= 15 is 0 Å². The van der Waals surface area contributed by atoms with Crippen LogP contribution in [0.3, 0.4) is 0 Å². The molecule has 2 aliphatic rings. The third-order valence-corrected chi connectivity index (χ3v) is 8.56. The Morgan fingerprint density at radius 2 is 1.77 bits per heavy atom. The lowest BCUT2D eigenvalue weighted by molar-refractivity contribution is -0.138. The quantitative estimate of drug-likeness (QED) is 0.303. The van der Waals surface area contributed by atoms with Gasteiger partial charge in [-0.25, -0.2) is 8.42 Å². The Kier molecular flexibility index (Phi) is 11.6. The number of ether oxygens (including phenoxy) is 1. The summed E-state index contributed by atoms with van der Waals surface area (Å²) >= 11 is 0. The van der Waals surface area contributed by atoms with E-state index in [-0.39, 0.29) is 24.2 Å². The molecule has 40 heavy (non-hydrogen) atoms. The van der Waals surface area contributed by atoms with Crippen molar-refractivity contribution >= 4 is 27.3 Å². The van der Waals surface area contributed by atoms with Crippen LogP contribution in [-0.4, -0.2) is 25.6 Å². The molecule has 4 rings (SSSR count). The van der Waals surface area contributed by atoms with E-state index in [2.05, 4.69) is 23.0 Å². The van der Waals surface area contributed by atoms with Crippen molar-refractivity contribution in [3.05, 3.63) is 89.0 Å². The molecule has 2 aromatic rings. The first-order chi connectivity index (χ1) is 19.2. The summed E-state index contributed by atoms with van der Waals surface area (Å²) in [5, 5.41) is 9.06. The highest BCUT2D eigenvalue weighted by Crippen LogP contribution is 2.37. The number of benzene rings is 2. The van der Waals surface area contributed by atoms with Gasteiger partial charge in [0.05, 0.1) is 17.5 Å². The maximum absolute atomic E-state index is 12.9. The minimum atomic E-state index is -3.62. The average Bonchev–Trinajstić information content (AvgIpc) is 2.95. The number of sulfonamides is 1. The first-order valence-corrected chi connectivity index (χ1v) is 16.0. The van der Waals surface area contributed by atoms with Gasteiger partial charge in [0.2, 0.25) is 10.0 Å². The molecular weight excluding hydrogens is 522 g/mol. The number of carbonyl (C=O) groups is 1. The zero-order valence-corrected chi connectivity index (χ0v) is 25.0. The van der Waals surface area contributed by atoms with Gasteiger partial charge in [0, 0.05) is 6.42 Å². The second-order valence-corrected chi connectivity index (χ2v) is 12.0. The van der Waals surface area contributed by atoms with Crippen LogP contribution in [-0.2, 0) is 20.6 Å². The van der Waals surface area contributed by atoms with Gasteiger partial charge in [0.1, 0.15) is 5.75 Å². The highest BCUT2D eigenvalue weighted by molar-refractivity contribution is 7.91. The van der Waals surface area contributed by atoms with Crippen molar-refractivity contribution in [2.75, 3.05) is 4.72 Å². The Labute approximate surface area is 239 Å². The lowest BCUT2D eigenvalue weighted by Gasteiger charge is -2.25. The second-order valence-electron chi connectivity index (χ2n) is 10.3. The number of carboxylic acid groups (broad SMARTS) is 1. The first kappa shape index (κ1) is 31.2. The van der Waals surface area contributed by atoms with Crippen molar-refractivity contribution in [1.29, 1.82) is 0 Å². The minimum Gasteiger partial charge on any atom is -0.489 e. The molecule has 1 unspecified atom stereocenters. The van der Waals surface area contributed by atoms with Crippen LogP contribution in [0.5, 0.6) is 5.75 Å². The van der Waals surface area contributed by atoms with E-state index in [1.807, 2.05) is 58.0 Å². The smallest absolute Gasteiger partial charge is 0.303 e. The SMILES string of the molecule is CC.CCC(C)Oc1cc(C2=CCC(=C3CCC(CC(=O)O)CC3)C=C2)ccc1NS(=O)(=O)Cc1ccccc1. The Balaban J connectivity index is 0.00000216. The van der Waals surface area contributed by atoms with Crippen molar-refractivity contribution in [3.63, 3.8) is 0 Å². The Morgan fingerprint density at radius 3 is 2.38 bits per heavy atom. The number of nitrogens with one attached hydrogen (secondary N) is 1. The number of carboxylic acids is 1. The van der Waals surface area contributed by atoms with Gasteiger partial charge in [-0.1, -0.05) is 81.0 Å². The highest BCUT2D eigenvalue weighted by atomic mass is 32.2. The summed E-state index contributed by atoms with van der Waals surface area (Å²) in [6, 6.07) is 14.7. The van der Waals surface area contributed by atoms with Gasteiger partial charge >= 0.3 is 5.97 Å². The summed E-state index contributed by atoms with van der Waals surface area (Å²) in [6.45, 7) is 8.00. The van der Waals surface area contributed by atoms with Crippen LogP contribution in [0.25, 0.3) is 5.57 Å². The van der Waals surface area contributed by atoms with Crippen molar-refractivity contribution in [2.24, 2.45) is 5.92 Å². The number of rotatable bonds is 10. The van der Waals surface area contributed by atoms with E-state index in [0.29, 0.717) is 11.4 Å². The molecule has 0 radical (unpaired) electrons. The van der Waals surface area contributed by atoms with E-state index in [9.17, 15) is 13.2 Å². The highest BCUT2D eigenvalue weighted by Gasteiger charge is 2.22. The molecule has 1 atom stereocenters. The summed E-state index contributed by atoms with van der Waals surface area (Å²) in [6.07, 6.45) is 12.1. The molecule has 0 aromatic heterocycles. The molecule has 1 saturated carbocycles. The van der Waals surface area contributed by atoms with E-state index in [1.165, 1.54) is 11.1 Å². The Hall–Kier alpha value is -3.32. The molecule has 216 valence electrons. The van der Waals surface area contributed by atoms with E-state index in [4.69, 9.17) is 9.84 Å². The van der Waals surface area contributed by atoms with Crippen LogP contribution < -0.4 is 9.46 Å². The lowest BCUT2D eigenvalue weighted by Crippen LogP contribution is -2.17. The van der Waals surface area contributed by atoms with Crippen molar-refractivity contribution in [1.82, 2.24) is 0 Å². The van der Waals surface area contributed by atoms with Gasteiger partial charge in [-0.05, 0) is 85.8 Å². The number of hydrogen-bond donors (Lipinski definition) is 2. The van der Waals surface area contributed by atoms with Crippen LogP contribution in [0, 0.1) is 5.92 Å². The van der Waals surface area contributed by atoms with Crippen LogP contribution in [0.1, 0.15) is 83.8 Å². The minimum absolute atomic E-state index is 0.0638. The maximum atomic E-state index is 12.9. The fourth-order valence-electron chi connectivity index (χ4n) is 5.00. The molecule has 1 fully saturated rings. The molecule has 0 spiro atoms. The third kappa shape index (κ3) is 9.12. The van der Waals surface area contributed by atoms with Gasteiger partial charge in [-0.3, -0.25) is 9.52 Å². The van der Waals surface area contributed by atoms with Crippen LogP contribution in [0.15, 0.2) is 77.9 Å². The summed E-state index contributed by atoms with van der Waals surface area (Å²) < 4.78 is 34.7. The number of aliphatic carboxylic acids is 1. The topological polar surface area (TPSA) is 92.7 Å². The molecule has 6 nitrogen and oxygen atoms in total. The maximum Gasteiger partial charge on any atom is 0.303 e. The zero-order valence-electron chi connectivity index (χ0n) is 24.2. The molecule has 7 heteroatoms. The van der Waals surface area contributed by atoms with Crippen molar-refractivity contribution in [3.8, 4) is 5.75 Å². The van der Waals surface area contributed by atoms with Gasteiger partial charge in [-0.2, -0.15) is 0 Å². The summed E-state index contributed by atoms with van der Waals surface area (Å²) in [5.41, 5.74) is 5.96. The molecule has 0 amide bonds. The first-order valence-electron chi connectivity index (χ1n) is 14.4. The van der Waals surface area contributed by atoms with E-state index in [0.717, 1.165) is 55.2 Å². The van der Waals surface area contributed by atoms with Gasteiger partial charge in [0.15, 0.2) is 0 Å². The van der Waals surface area contributed by atoms with Crippen LogP contribution in [0.4, 0.5) is 5.69 Å². The number of hydrogen-bond acceptors (Lipinski definition) is 4. The van der Waals surface area contributed by atoms with E-state index < -0.39 is 16.0 Å². The van der Waals surface area contributed by atoms with Crippen molar-refractivity contribution < 1.29 is 23.1 Å². The molecule has 2 aromatic carbocycles. The normalized spacial score (nSPS) is 17.8. The zero-order chi connectivity index (χ0) is 29.1. The molecule has 0 heterocycles. The monoisotopic (exact) mass is 565 g/mol. The van der Waals surface area contributed by atoms with Crippen LogP contribution in [0.2, 0.25) is 0 Å². The number of allylic oxidation sites excluding steroid dienone is 6. The molecule has 2 aliphatic carbocycles. The fourth-order valence-corrected chi connectivity index (χ4v) is 6.21. The van der Waals surface area contributed by atoms with Crippen molar-refractivity contribution in [2.45, 2.75) is 84.5 Å². The summed E-state index contributed by atoms with van der Waals surface area (Å²) in [4.78, 5) is 11.0. The predicted octanol–water partition coefficient (Wildman–Crippen LogP) is 8.14. The number of anilines is 1. The molecule has 2 N–H and O–H groups in total. The summed E-state index contributed by atoms with van der Waals surface area (Å²) in [5.74, 6) is -0.0180. The lowest BCUT2D eigenvalue weighted by atomic mass is 9.80. The largest absolute Gasteiger partial charge is 0.489 e. The summed E-state index contributed by atoms with van der Waals surface area (Å²) in [7, 11) is -3.62. The molecular formula is C33H43NO5S.